The average Bonchev–Trinajstić information content (AvgIpc) is 3.17. The molecule has 0 aliphatic carbocycles. The van der Waals surface area contributed by atoms with Crippen LogP contribution in [0, 0.1) is 0 Å². The van der Waals surface area contributed by atoms with Crippen molar-refractivity contribution in [2.24, 2.45) is 0 Å². The van der Waals surface area contributed by atoms with Crippen LogP contribution < -0.4 is 14.8 Å². The maximum absolute atomic E-state index is 5.37. The Morgan fingerprint density at radius 1 is 1.27 bits per heavy atom. The third kappa shape index (κ3) is 3.51. The van der Waals surface area contributed by atoms with Crippen molar-refractivity contribution in [3.63, 3.8) is 0 Å². The number of rotatable bonds is 5. The summed E-state index contributed by atoms with van der Waals surface area (Å²) in [6, 6.07) is 5.80. The molecular formula is C15H20ClN3O3. The number of ether oxygens (including phenoxy) is 2. The smallest absolute Gasteiger partial charge is 0.231 e. The van der Waals surface area contributed by atoms with Crippen molar-refractivity contribution in [2.45, 2.75) is 18.8 Å². The highest BCUT2D eigenvalue weighted by Gasteiger charge is 2.22. The van der Waals surface area contributed by atoms with Crippen LogP contribution >= 0.6 is 12.4 Å². The zero-order valence-corrected chi connectivity index (χ0v) is 13.5. The fourth-order valence-electron chi connectivity index (χ4n) is 2.54. The normalized spacial score (nSPS) is 17.1. The number of nitrogens with one attached hydrogen (secondary N) is 1. The number of aromatic nitrogens is 2. The van der Waals surface area contributed by atoms with E-state index in [1.165, 1.54) is 0 Å². The van der Waals surface area contributed by atoms with Gasteiger partial charge in [0.2, 0.25) is 5.89 Å². The van der Waals surface area contributed by atoms with Gasteiger partial charge in [-0.05, 0) is 30.7 Å². The molecule has 1 fully saturated rings. The molecule has 0 unspecified atom stereocenters. The van der Waals surface area contributed by atoms with Gasteiger partial charge in [-0.15, -0.1) is 12.4 Å². The van der Waals surface area contributed by atoms with Crippen molar-refractivity contribution in [1.29, 1.82) is 0 Å². The molecule has 22 heavy (non-hydrogen) atoms. The summed E-state index contributed by atoms with van der Waals surface area (Å²) in [5.74, 6) is 3.20. The van der Waals surface area contributed by atoms with Gasteiger partial charge in [0.1, 0.15) is 0 Å². The van der Waals surface area contributed by atoms with E-state index in [2.05, 4.69) is 15.5 Å². The van der Waals surface area contributed by atoms with E-state index in [0.29, 0.717) is 29.7 Å². The first kappa shape index (κ1) is 16.6. The number of nitrogens with zero attached hydrogens (tertiary/aromatic N) is 2. The molecule has 0 radical (unpaired) electrons. The minimum atomic E-state index is 0. The molecule has 1 N–H and O–H groups in total. The van der Waals surface area contributed by atoms with Crippen LogP contribution in [0.5, 0.6) is 11.5 Å². The second-order valence-corrected chi connectivity index (χ2v) is 5.10. The summed E-state index contributed by atoms with van der Waals surface area (Å²) >= 11 is 0. The predicted molar refractivity (Wildman–Crippen MR) is 84.1 cm³/mol. The van der Waals surface area contributed by atoms with Gasteiger partial charge in [-0.1, -0.05) is 11.2 Å². The highest BCUT2D eigenvalue weighted by Crippen LogP contribution is 2.28. The van der Waals surface area contributed by atoms with E-state index in [-0.39, 0.29) is 12.4 Å². The van der Waals surface area contributed by atoms with Crippen molar-refractivity contribution >= 4 is 12.4 Å². The quantitative estimate of drug-likeness (QED) is 0.908. The minimum Gasteiger partial charge on any atom is -0.493 e. The average molecular weight is 326 g/mol. The van der Waals surface area contributed by atoms with Gasteiger partial charge in [0.25, 0.3) is 0 Å². The summed E-state index contributed by atoms with van der Waals surface area (Å²) in [6.07, 6.45) is 1.67. The number of benzene rings is 1. The van der Waals surface area contributed by atoms with Gasteiger partial charge in [-0.25, -0.2) is 0 Å². The maximum atomic E-state index is 5.37. The van der Waals surface area contributed by atoms with Crippen LogP contribution in [0.15, 0.2) is 22.7 Å². The van der Waals surface area contributed by atoms with Gasteiger partial charge >= 0.3 is 0 Å². The van der Waals surface area contributed by atoms with Gasteiger partial charge in [0, 0.05) is 13.0 Å². The Balaban J connectivity index is 0.00000176. The lowest BCUT2D eigenvalue weighted by atomic mass is 10.1. The first-order valence-corrected chi connectivity index (χ1v) is 7.04. The molecule has 3 rings (SSSR count). The van der Waals surface area contributed by atoms with Crippen molar-refractivity contribution < 1.29 is 14.0 Å². The Kier molecular flexibility index (Phi) is 5.63. The summed E-state index contributed by atoms with van der Waals surface area (Å²) in [5, 5.41) is 7.37. The molecule has 1 aromatic carbocycles. The Bertz CT molecular complexity index is 612. The van der Waals surface area contributed by atoms with Crippen LogP contribution in [0.1, 0.15) is 29.6 Å². The van der Waals surface area contributed by atoms with E-state index in [4.69, 9.17) is 14.0 Å². The van der Waals surface area contributed by atoms with Gasteiger partial charge in [0.05, 0.1) is 20.1 Å². The first-order valence-electron chi connectivity index (χ1n) is 7.04. The highest BCUT2D eigenvalue weighted by atomic mass is 35.5. The zero-order valence-electron chi connectivity index (χ0n) is 12.7. The van der Waals surface area contributed by atoms with Crippen LogP contribution in [0.3, 0.4) is 0 Å². The first-order chi connectivity index (χ1) is 10.3. The molecule has 2 heterocycles. The maximum Gasteiger partial charge on any atom is 0.231 e. The molecule has 1 aliphatic rings. The number of methoxy groups -OCH3 is 2. The van der Waals surface area contributed by atoms with E-state index in [1.807, 2.05) is 18.2 Å². The lowest BCUT2D eigenvalue weighted by Crippen LogP contribution is -2.08. The van der Waals surface area contributed by atoms with Crippen LogP contribution in [0.25, 0.3) is 0 Å². The Hall–Kier alpha value is -1.79. The van der Waals surface area contributed by atoms with Crippen molar-refractivity contribution in [3.8, 4) is 11.5 Å². The summed E-state index contributed by atoms with van der Waals surface area (Å²) in [5.41, 5.74) is 1.06. The van der Waals surface area contributed by atoms with Crippen molar-refractivity contribution in [2.75, 3.05) is 27.3 Å². The van der Waals surface area contributed by atoms with Crippen LogP contribution in [0.2, 0.25) is 0 Å². The SMILES string of the molecule is COc1ccc(Cc2noc([C@H]3CCNC3)n2)cc1OC.Cl. The third-order valence-corrected chi connectivity index (χ3v) is 3.70. The summed E-state index contributed by atoms with van der Waals surface area (Å²) in [4.78, 5) is 4.50. The van der Waals surface area contributed by atoms with Crippen molar-refractivity contribution in [1.82, 2.24) is 15.5 Å². The van der Waals surface area contributed by atoms with Gasteiger partial charge in [-0.3, -0.25) is 0 Å². The van der Waals surface area contributed by atoms with Crippen molar-refractivity contribution in [3.05, 3.63) is 35.5 Å². The van der Waals surface area contributed by atoms with Gasteiger partial charge in [0.15, 0.2) is 17.3 Å². The molecule has 0 saturated carbocycles. The molecule has 120 valence electrons. The van der Waals surface area contributed by atoms with E-state index >= 15 is 0 Å². The van der Waals surface area contributed by atoms with E-state index in [1.54, 1.807) is 14.2 Å². The molecule has 2 aromatic rings. The zero-order chi connectivity index (χ0) is 14.7. The van der Waals surface area contributed by atoms with Crippen LogP contribution in [-0.4, -0.2) is 37.4 Å². The second-order valence-electron chi connectivity index (χ2n) is 5.10. The Morgan fingerprint density at radius 3 is 2.77 bits per heavy atom. The van der Waals surface area contributed by atoms with Crippen LogP contribution in [0.4, 0.5) is 0 Å². The molecule has 0 spiro atoms. The largest absolute Gasteiger partial charge is 0.493 e. The molecular weight excluding hydrogens is 306 g/mol. The molecule has 6 nitrogen and oxygen atoms in total. The van der Waals surface area contributed by atoms with Gasteiger partial charge in [-0.2, -0.15) is 4.98 Å². The molecule has 1 aromatic heterocycles. The van der Waals surface area contributed by atoms with E-state index in [9.17, 15) is 0 Å². The lowest BCUT2D eigenvalue weighted by molar-refractivity contribution is 0.353. The summed E-state index contributed by atoms with van der Waals surface area (Å²) in [6.45, 7) is 1.93. The minimum absolute atomic E-state index is 0. The molecule has 0 bridgehead atoms. The highest BCUT2D eigenvalue weighted by molar-refractivity contribution is 5.85. The van der Waals surface area contributed by atoms with E-state index in [0.717, 1.165) is 31.0 Å². The summed E-state index contributed by atoms with van der Waals surface area (Å²) < 4.78 is 15.9. The number of hydrogen-bond donors (Lipinski definition) is 1. The number of halogens is 1. The molecule has 0 amide bonds. The lowest BCUT2D eigenvalue weighted by Gasteiger charge is -2.08. The fourth-order valence-corrected chi connectivity index (χ4v) is 2.54. The topological polar surface area (TPSA) is 69.4 Å². The Morgan fingerprint density at radius 2 is 2.09 bits per heavy atom. The second kappa shape index (κ2) is 7.47. The fraction of sp³-hybridized carbons (Fsp3) is 0.467. The Labute approximate surface area is 135 Å². The standard InChI is InChI=1S/C15H19N3O3.ClH/c1-19-12-4-3-10(7-13(12)20-2)8-14-17-15(21-18-14)11-5-6-16-9-11;/h3-4,7,11,16H,5-6,8-9H2,1-2H3;1H/t11-;/m0./s1. The van der Waals surface area contributed by atoms with E-state index < -0.39 is 0 Å². The molecule has 7 heteroatoms. The van der Waals surface area contributed by atoms with Crippen LogP contribution in [-0.2, 0) is 6.42 Å². The summed E-state index contributed by atoms with van der Waals surface area (Å²) in [7, 11) is 3.25. The van der Waals surface area contributed by atoms with Gasteiger partial charge < -0.3 is 19.3 Å². The monoisotopic (exact) mass is 325 g/mol. The molecule has 1 atom stereocenters. The molecule has 1 saturated heterocycles. The predicted octanol–water partition coefficient (Wildman–Crippen LogP) is 2.18. The third-order valence-electron chi connectivity index (χ3n) is 3.70. The molecule has 1 aliphatic heterocycles. The number of hydrogen-bond acceptors (Lipinski definition) is 6.